The van der Waals surface area contributed by atoms with Crippen molar-refractivity contribution in [1.82, 2.24) is 4.90 Å². The molecule has 4 rings (SSSR count). The van der Waals surface area contributed by atoms with Crippen LogP contribution in [0.5, 0.6) is 5.75 Å². The average molecular weight is 432 g/mol. The summed E-state index contributed by atoms with van der Waals surface area (Å²) < 4.78 is 19.3. The zero-order valence-electron chi connectivity index (χ0n) is 17.7. The molecule has 162 valence electrons. The largest absolute Gasteiger partial charge is 0.494 e. The Labute approximate surface area is 184 Å². The predicted molar refractivity (Wildman–Crippen MR) is 117 cm³/mol. The summed E-state index contributed by atoms with van der Waals surface area (Å²) in [6.45, 7) is 2.45. The van der Waals surface area contributed by atoms with Crippen molar-refractivity contribution in [3.05, 3.63) is 94.8 Å². The summed E-state index contributed by atoms with van der Waals surface area (Å²) in [5, 5.41) is 0. The molecule has 1 aliphatic rings. The first-order valence-electron chi connectivity index (χ1n) is 10.1. The topological polar surface area (TPSA) is 66.9 Å². The number of nitrogens with zero attached hydrogens (tertiary/aromatic N) is 2. The molecule has 0 fully saturated rings. The molecule has 0 saturated carbocycles. The van der Waals surface area contributed by atoms with E-state index in [1.807, 2.05) is 6.92 Å². The first kappa shape index (κ1) is 21.2. The third kappa shape index (κ3) is 3.85. The van der Waals surface area contributed by atoms with Crippen LogP contribution in [0.2, 0.25) is 0 Å². The zero-order chi connectivity index (χ0) is 22.8. The summed E-state index contributed by atoms with van der Waals surface area (Å²) in [6, 6.07) is 17.3. The van der Waals surface area contributed by atoms with E-state index >= 15 is 0 Å². The zero-order valence-corrected chi connectivity index (χ0v) is 17.7. The van der Waals surface area contributed by atoms with Gasteiger partial charge in [0, 0.05) is 24.7 Å². The van der Waals surface area contributed by atoms with Gasteiger partial charge in [-0.2, -0.15) is 0 Å². The number of carbonyl (C=O) groups is 3. The highest BCUT2D eigenvalue weighted by atomic mass is 19.1. The van der Waals surface area contributed by atoms with Gasteiger partial charge in [0.2, 0.25) is 0 Å². The summed E-state index contributed by atoms with van der Waals surface area (Å²) in [4.78, 5) is 41.2. The average Bonchev–Trinajstić information content (AvgIpc) is 3.05. The van der Waals surface area contributed by atoms with Gasteiger partial charge < -0.3 is 9.64 Å². The van der Waals surface area contributed by atoms with Crippen LogP contribution in [0.25, 0.3) is 0 Å². The third-order valence-corrected chi connectivity index (χ3v) is 5.25. The van der Waals surface area contributed by atoms with E-state index in [1.54, 1.807) is 49.5 Å². The molecule has 0 radical (unpaired) electrons. The summed E-state index contributed by atoms with van der Waals surface area (Å²) in [5.74, 6) is -1.09. The number of halogens is 1. The second-order valence-electron chi connectivity index (χ2n) is 7.39. The molecule has 0 aliphatic carbocycles. The monoisotopic (exact) mass is 432 g/mol. The molecule has 3 aromatic rings. The number of ether oxygens (including phenoxy) is 1. The smallest absolute Gasteiger partial charge is 0.266 e. The van der Waals surface area contributed by atoms with E-state index in [-0.39, 0.29) is 29.1 Å². The van der Waals surface area contributed by atoms with Gasteiger partial charge in [-0.05, 0) is 55.5 Å². The number of carbonyl (C=O) groups excluding carboxylic acids is 3. The molecular weight excluding hydrogens is 411 g/mol. The van der Waals surface area contributed by atoms with E-state index in [2.05, 4.69) is 0 Å². The van der Waals surface area contributed by atoms with Crippen LogP contribution in [0.1, 0.15) is 43.6 Å². The lowest BCUT2D eigenvalue weighted by Crippen LogP contribution is -2.29. The fraction of sp³-hybridized carbons (Fsp3) is 0.160. The maximum absolute atomic E-state index is 13.9. The number of anilines is 1. The Morgan fingerprint density at radius 2 is 1.66 bits per heavy atom. The SMILES string of the molecule is CCOc1ccc(N2C(=O)c3ccc(C(=O)N(C)Cc4ccccc4F)cc3C2=O)cc1. The second-order valence-corrected chi connectivity index (χ2v) is 7.39. The molecular formula is C25H21FN2O4. The van der Waals surface area contributed by atoms with Crippen LogP contribution in [0.4, 0.5) is 10.1 Å². The lowest BCUT2D eigenvalue weighted by atomic mass is 10.0. The fourth-order valence-corrected chi connectivity index (χ4v) is 3.64. The molecule has 3 aromatic carbocycles. The van der Waals surface area contributed by atoms with Gasteiger partial charge in [0.15, 0.2) is 0 Å². The fourth-order valence-electron chi connectivity index (χ4n) is 3.64. The number of amides is 3. The lowest BCUT2D eigenvalue weighted by molar-refractivity contribution is 0.0783. The molecule has 0 bridgehead atoms. The predicted octanol–water partition coefficient (Wildman–Crippen LogP) is 4.30. The van der Waals surface area contributed by atoms with Crippen LogP contribution >= 0.6 is 0 Å². The first-order valence-corrected chi connectivity index (χ1v) is 10.1. The summed E-state index contributed by atoms with van der Waals surface area (Å²) in [7, 11) is 1.56. The van der Waals surface area contributed by atoms with Gasteiger partial charge >= 0.3 is 0 Å². The van der Waals surface area contributed by atoms with Crippen LogP contribution in [0.3, 0.4) is 0 Å². The van der Waals surface area contributed by atoms with Gasteiger partial charge in [0.25, 0.3) is 17.7 Å². The molecule has 1 aliphatic heterocycles. The molecule has 3 amide bonds. The highest BCUT2D eigenvalue weighted by molar-refractivity contribution is 6.34. The maximum Gasteiger partial charge on any atom is 0.266 e. The Morgan fingerprint density at radius 1 is 0.969 bits per heavy atom. The Bertz CT molecular complexity index is 1210. The van der Waals surface area contributed by atoms with Crippen molar-refractivity contribution in [2.45, 2.75) is 13.5 Å². The van der Waals surface area contributed by atoms with Crippen molar-refractivity contribution >= 4 is 23.4 Å². The molecule has 32 heavy (non-hydrogen) atoms. The number of fused-ring (bicyclic) bond motifs is 1. The lowest BCUT2D eigenvalue weighted by Gasteiger charge is -2.18. The van der Waals surface area contributed by atoms with E-state index in [1.165, 1.54) is 29.2 Å². The van der Waals surface area contributed by atoms with E-state index in [9.17, 15) is 18.8 Å². The van der Waals surface area contributed by atoms with E-state index < -0.39 is 17.6 Å². The van der Waals surface area contributed by atoms with Crippen LogP contribution < -0.4 is 9.64 Å². The molecule has 0 atom stereocenters. The Hall–Kier alpha value is -4.00. The van der Waals surface area contributed by atoms with Gasteiger partial charge in [0.1, 0.15) is 11.6 Å². The quantitative estimate of drug-likeness (QED) is 0.545. The number of imide groups is 1. The molecule has 0 saturated heterocycles. The van der Waals surface area contributed by atoms with Crippen LogP contribution in [0, 0.1) is 5.82 Å². The van der Waals surface area contributed by atoms with Gasteiger partial charge in [-0.1, -0.05) is 18.2 Å². The summed E-state index contributed by atoms with van der Waals surface area (Å²) >= 11 is 0. The molecule has 0 unspecified atom stereocenters. The van der Waals surface area contributed by atoms with Crippen molar-refractivity contribution in [1.29, 1.82) is 0 Å². The van der Waals surface area contributed by atoms with Crippen molar-refractivity contribution < 1.29 is 23.5 Å². The van der Waals surface area contributed by atoms with Crippen LogP contribution in [-0.4, -0.2) is 36.3 Å². The van der Waals surface area contributed by atoms with E-state index in [0.717, 1.165) is 4.90 Å². The van der Waals surface area contributed by atoms with E-state index in [4.69, 9.17) is 4.74 Å². The van der Waals surface area contributed by atoms with Crippen molar-refractivity contribution in [2.75, 3.05) is 18.6 Å². The minimum absolute atomic E-state index is 0.0772. The van der Waals surface area contributed by atoms with Crippen LogP contribution in [-0.2, 0) is 6.54 Å². The third-order valence-electron chi connectivity index (χ3n) is 5.25. The van der Waals surface area contributed by atoms with Crippen molar-refractivity contribution in [3.8, 4) is 5.75 Å². The molecule has 0 aromatic heterocycles. The minimum atomic E-state index is -0.499. The molecule has 7 heteroatoms. The molecule has 0 spiro atoms. The first-order chi connectivity index (χ1) is 15.4. The number of hydrogen-bond acceptors (Lipinski definition) is 4. The summed E-state index contributed by atoms with van der Waals surface area (Å²) in [6.07, 6.45) is 0. The second kappa shape index (κ2) is 8.63. The molecule has 1 heterocycles. The minimum Gasteiger partial charge on any atom is -0.494 e. The Kier molecular flexibility index (Phi) is 5.73. The summed E-state index contributed by atoms with van der Waals surface area (Å²) in [5.41, 5.74) is 1.45. The van der Waals surface area contributed by atoms with Gasteiger partial charge in [-0.3, -0.25) is 14.4 Å². The Balaban J connectivity index is 1.57. The van der Waals surface area contributed by atoms with Crippen molar-refractivity contribution in [2.24, 2.45) is 0 Å². The standard InChI is InChI=1S/C25H21FN2O4/c1-3-32-19-11-9-18(10-12-19)28-24(30)20-13-8-16(14-21(20)25(28)31)23(29)27(2)15-17-6-4-5-7-22(17)26/h4-14H,3,15H2,1-2H3. The highest BCUT2D eigenvalue weighted by Crippen LogP contribution is 2.30. The number of benzene rings is 3. The molecule has 0 N–H and O–H groups in total. The number of rotatable bonds is 6. The Morgan fingerprint density at radius 3 is 2.34 bits per heavy atom. The van der Waals surface area contributed by atoms with Gasteiger partial charge in [-0.25, -0.2) is 9.29 Å². The van der Waals surface area contributed by atoms with Gasteiger partial charge in [0.05, 0.1) is 23.4 Å². The number of hydrogen-bond donors (Lipinski definition) is 0. The van der Waals surface area contributed by atoms with Crippen molar-refractivity contribution in [3.63, 3.8) is 0 Å². The van der Waals surface area contributed by atoms with Crippen LogP contribution in [0.15, 0.2) is 66.7 Å². The van der Waals surface area contributed by atoms with Gasteiger partial charge in [-0.15, -0.1) is 0 Å². The normalized spacial score (nSPS) is 12.7. The van der Waals surface area contributed by atoms with E-state index in [0.29, 0.717) is 23.6 Å². The maximum atomic E-state index is 13.9. The molecule has 6 nitrogen and oxygen atoms in total. The highest BCUT2D eigenvalue weighted by Gasteiger charge is 2.37.